The number of nitrogens with two attached hydrogens (primary N) is 1. The molecule has 7 heteroatoms. The molecule has 0 unspecified atom stereocenters. The highest BCUT2D eigenvalue weighted by Gasteiger charge is 2.10. The predicted molar refractivity (Wildman–Crippen MR) is 108 cm³/mol. The van der Waals surface area contributed by atoms with Crippen LogP contribution in [0.25, 0.3) is 6.08 Å². The summed E-state index contributed by atoms with van der Waals surface area (Å²) in [5, 5.41) is 6.05. The molecule has 0 bridgehead atoms. The molecule has 1 aromatic carbocycles. The van der Waals surface area contributed by atoms with E-state index in [9.17, 15) is 4.79 Å². The summed E-state index contributed by atoms with van der Waals surface area (Å²) in [5.41, 5.74) is 7.96. The van der Waals surface area contributed by atoms with Crippen molar-refractivity contribution >= 4 is 23.5 Å². The van der Waals surface area contributed by atoms with Crippen LogP contribution in [0.3, 0.4) is 0 Å². The molecule has 144 valence electrons. The van der Waals surface area contributed by atoms with E-state index in [1.165, 1.54) is 6.08 Å². The summed E-state index contributed by atoms with van der Waals surface area (Å²) < 4.78 is 10.8. The Morgan fingerprint density at radius 1 is 1.30 bits per heavy atom. The zero-order valence-corrected chi connectivity index (χ0v) is 15.9. The van der Waals surface area contributed by atoms with E-state index in [0.29, 0.717) is 30.4 Å². The SMILES string of the molecule is COc1cc(Nc2ncccc2/C=C/C(=O)NCCCN)cc(C)c1OC. The van der Waals surface area contributed by atoms with E-state index in [0.717, 1.165) is 23.2 Å². The number of anilines is 2. The van der Waals surface area contributed by atoms with Crippen LogP contribution in [0.15, 0.2) is 36.5 Å². The molecule has 27 heavy (non-hydrogen) atoms. The zero-order chi connectivity index (χ0) is 19.6. The number of ether oxygens (including phenoxy) is 2. The van der Waals surface area contributed by atoms with Crippen LogP contribution in [-0.4, -0.2) is 38.2 Å². The number of hydrogen-bond donors (Lipinski definition) is 3. The number of pyridine rings is 1. The second-order valence-electron chi connectivity index (χ2n) is 5.86. The van der Waals surface area contributed by atoms with E-state index >= 15 is 0 Å². The van der Waals surface area contributed by atoms with E-state index in [-0.39, 0.29) is 5.91 Å². The second-order valence-corrected chi connectivity index (χ2v) is 5.86. The molecule has 0 radical (unpaired) electrons. The molecular formula is C20H26N4O3. The fourth-order valence-electron chi connectivity index (χ4n) is 2.56. The predicted octanol–water partition coefficient (Wildman–Crippen LogP) is 2.63. The average Bonchev–Trinajstić information content (AvgIpc) is 2.67. The van der Waals surface area contributed by atoms with Crippen LogP contribution in [0.4, 0.5) is 11.5 Å². The summed E-state index contributed by atoms with van der Waals surface area (Å²) in [4.78, 5) is 16.2. The van der Waals surface area contributed by atoms with E-state index in [2.05, 4.69) is 15.6 Å². The van der Waals surface area contributed by atoms with Crippen molar-refractivity contribution in [3.05, 3.63) is 47.7 Å². The van der Waals surface area contributed by atoms with Gasteiger partial charge in [0.2, 0.25) is 5.91 Å². The van der Waals surface area contributed by atoms with Gasteiger partial charge in [-0.1, -0.05) is 0 Å². The van der Waals surface area contributed by atoms with Gasteiger partial charge < -0.3 is 25.8 Å². The third-order valence-electron chi connectivity index (χ3n) is 3.86. The highest BCUT2D eigenvalue weighted by molar-refractivity contribution is 5.92. The van der Waals surface area contributed by atoms with Crippen molar-refractivity contribution < 1.29 is 14.3 Å². The van der Waals surface area contributed by atoms with Crippen molar-refractivity contribution in [1.82, 2.24) is 10.3 Å². The monoisotopic (exact) mass is 370 g/mol. The first-order valence-electron chi connectivity index (χ1n) is 8.69. The first kappa shape index (κ1) is 20.3. The molecule has 0 saturated heterocycles. The van der Waals surface area contributed by atoms with Gasteiger partial charge in [-0.2, -0.15) is 0 Å². The Morgan fingerprint density at radius 3 is 2.81 bits per heavy atom. The maximum absolute atomic E-state index is 11.8. The smallest absolute Gasteiger partial charge is 0.244 e. The number of hydrogen-bond acceptors (Lipinski definition) is 6. The Labute approximate surface area is 159 Å². The third kappa shape index (κ3) is 5.72. The first-order chi connectivity index (χ1) is 13.1. The Kier molecular flexibility index (Phi) is 7.63. The molecule has 0 aliphatic rings. The summed E-state index contributed by atoms with van der Waals surface area (Å²) in [6, 6.07) is 7.49. The molecule has 1 amide bonds. The Hall–Kier alpha value is -3.06. The lowest BCUT2D eigenvalue weighted by Crippen LogP contribution is -2.23. The molecule has 7 nitrogen and oxygen atoms in total. The molecule has 2 aromatic rings. The summed E-state index contributed by atoms with van der Waals surface area (Å²) in [7, 11) is 3.21. The van der Waals surface area contributed by atoms with E-state index < -0.39 is 0 Å². The number of aryl methyl sites for hydroxylation is 1. The minimum atomic E-state index is -0.166. The molecule has 0 aliphatic carbocycles. The van der Waals surface area contributed by atoms with E-state index in [1.54, 1.807) is 26.5 Å². The van der Waals surface area contributed by atoms with E-state index in [1.807, 2.05) is 31.2 Å². The maximum Gasteiger partial charge on any atom is 0.244 e. The number of methoxy groups -OCH3 is 2. The second kappa shape index (κ2) is 10.2. The zero-order valence-electron chi connectivity index (χ0n) is 15.9. The van der Waals surface area contributed by atoms with E-state index in [4.69, 9.17) is 15.2 Å². The van der Waals surface area contributed by atoms with Crippen molar-refractivity contribution in [1.29, 1.82) is 0 Å². The molecule has 0 atom stereocenters. The number of benzene rings is 1. The molecular weight excluding hydrogens is 344 g/mol. The summed E-state index contributed by atoms with van der Waals surface area (Å²) in [6.07, 6.45) is 5.64. The average molecular weight is 370 g/mol. The lowest BCUT2D eigenvalue weighted by molar-refractivity contribution is -0.116. The number of carbonyl (C=O) groups is 1. The topological polar surface area (TPSA) is 98.5 Å². The molecule has 0 aliphatic heterocycles. The maximum atomic E-state index is 11.8. The molecule has 2 rings (SSSR count). The van der Waals surface area contributed by atoms with Crippen LogP contribution in [0.1, 0.15) is 17.5 Å². The van der Waals surface area contributed by atoms with Gasteiger partial charge in [0, 0.05) is 36.1 Å². The van der Waals surface area contributed by atoms with Gasteiger partial charge in [0.15, 0.2) is 11.5 Å². The van der Waals surface area contributed by atoms with Gasteiger partial charge in [0.25, 0.3) is 0 Å². The highest BCUT2D eigenvalue weighted by atomic mass is 16.5. The molecule has 0 saturated carbocycles. The highest BCUT2D eigenvalue weighted by Crippen LogP contribution is 2.35. The van der Waals surface area contributed by atoms with Gasteiger partial charge in [0.05, 0.1) is 14.2 Å². The van der Waals surface area contributed by atoms with Gasteiger partial charge in [-0.25, -0.2) is 4.98 Å². The molecule has 4 N–H and O–H groups in total. The summed E-state index contributed by atoms with van der Waals surface area (Å²) in [5.74, 6) is 1.79. The van der Waals surface area contributed by atoms with Gasteiger partial charge in [0.1, 0.15) is 5.82 Å². The number of nitrogens with one attached hydrogen (secondary N) is 2. The van der Waals surface area contributed by atoms with Crippen LogP contribution in [-0.2, 0) is 4.79 Å². The van der Waals surface area contributed by atoms with Crippen LogP contribution < -0.4 is 25.8 Å². The van der Waals surface area contributed by atoms with Crippen molar-refractivity contribution in [3.63, 3.8) is 0 Å². The Balaban J connectivity index is 2.19. The number of amides is 1. The lowest BCUT2D eigenvalue weighted by Gasteiger charge is -2.14. The van der Waals surface area contributed by atoms with Crippen LogP contribution in [0, 0.1) is 6.92 Å². The molecule has 1 heterocycles. The molecule has 0 spiro atoms. The molecule has 0 fully saturated rings. The number of carbonyl (C=O) groups excluding carboxylic acids is 1. The first-order valence-corrected chi connectivity index (χ1v) is 8.69. The van der Waals surface area contributed by atoms with Crippen molar-refractivity contribution in [2.75, 3.05) is 32.6 Å². The molecule has 1 aromatic heterocycles. The van der Waals surface area contributed by atoms with Gasteiger partial charge in [-0.05, 0) is 49.7 Å². The van der Waals surface area contributed by atoms with Crippen molar-refractivity contribution in [2.45, 2.75) is 13.3 Å². The normalized spacial score (nSPS) is 10.7. The lowest BCUT2D eigenvalue weighted by atomic mass is 10.1. The van der Waals surface area contributed by atoms with Gasteiger partial charge in [-0.3, -0.25) is 4.79 Å². The summed E-state index contributed by atoms with van der Waals surface area (Å²) >= 11 is 0. The van der Waals surface area contributed by atoms with Crippen LogP contribution in [0.2, 0.25) is 0 Å². The number of rotatable bonds is 9. The summed E-state index contributed by atoms with van der Waals surface area (Å²) in [6.45, 7) is 3.05. The van der Waals surface area contributed by atoms with Gasteiger partial charge >= 0.3 is 0 Å². The van der Waals surface area contributed by atoms with Crippen molar-refractivity contribution in [3.8, 4) is 11.5 Å². The van der Waals surface area contributed by atoms with Crippen LogP contribution >= 0.6 is 0 Å². The Bertz CT molecular complexity index is 806. The standard InChI is InChI=1S/C20H26N4O3/c1-14-12-16(13-17(26-2)19(14)27-3)24-20-15(6-4-10-23-20)7-8-18(25)22-11-5-9-21/h4,6-8,10,12-13H,5,9,11,21H2,1-3H3,(H,22,25)(H,23,24)/b8-7+. The fourth-order valence-corrected chi connectivity index (χ4v) is 2.56. The largest absolute Gasteiger partial charge is 0.493 e. The quantitative estimate of drug-likeness (QED) is 0.464. The fraction of sp³-hybridized carbons (Fsp3) is 0.300. The van der Waals surface area contributed by atoms with Gasteiger partial charge in [-0.15, -0.1) is 0 Å². The van der Waals surface area contributed by atoms with Crippen molar-refractivity contribution in [2.24, 2.45) is 5.73 Å². The minimum absolute atomic E-state index is 0.166. The minimum Gasteiger partial charge on any atom is -0.493 e. The Morgan fingerprint density at radius 2 is 2.11 bits per heavy atom. The van der Waals surface area contributed by atoms with Crippen LogP contribution in [0.5, 0.6) is 11.5 Å². The third-order valence-corrected chi connectivity index (χ3v) is 3.86. The number of nitrogens with zero attached hydrogens (tertiary/aromatic N) is 1. The number of aromatic nitrogens is 1.